The van der Waals surface area contributed by atoms with Gasteiger partial charge >= 0.3 is 0 Å². The maximum atomic E-state index is 9.72. The fraction of sp³-hybridized carbons (Fsp3) is 0.571. The first-order valence-electron chi connectivity index (χ1n) is 6.18. The van der Waals surface area contributed by atoms with Crippen LogP contribution in [0.1, 0.15) is 24.8 Å². The highest BCUT2D eigenvalue weighted by Gasteiger charge is 2.27. The summed E-state index contributed by atoms with van der Waals surface area (Å²) in [6, 6.07) is 10.3. The number of benzene rings is 1. The Morgan fingerprint density at radius 2 is 2.06 bits per heavy atom. The van der Waals surface area contributed by atoms with Gasteiger partial charge in [0.1, 0.15) is 0 Å². The summed E-state index contributed by atoms with van der Waals surface area (Å²) in [5.74, 6) is 0. The fourth-order valence-corrected chi connectivity index (χ4v) is 2.26. The third-order valence-corrected chi connectivity index (χ3v) is 3.20. The van der Waals surface area contributed by atoms with Crippen LogP contribution in [0.2, 0.25) is 0 Å². The van der Waals surface area contributed by atoms with Crippen LogP contribution in [-0.4, -0.2) is 30.7 Å². The number of aliphatic hydroxyl groups excluding tert-OH is 1. The Morgan fingerprint density at radius 1 is 1.29 bits per heavy atom. The van der Waals surface area contributed by atoms with Gasteiger partial charge in [0, 0.05) is 13.5 Å². The van der Waals surface area contributed by atoms with Crippen LogP contribution in [-0.2, 0) is 15.9 Å². The zero-order chi connectivity index (χ0) is 12.1. The molecule has 0 bridgehead atoms. The van der Waals surface area contributed by atoms with Crippen LogP contribution in [0, 0.1) is 0 Å². The molecule has 0 radical (unpaired) electrons. The summed E-state index contributed by atoms with van der Waals surface area (Å²) in [5, 5.41) is 9.72. The van der Waals surface area contributed by atoms with Crippen LogP contribution in [0.15, 0.2) is 30.3 Å². The Balaban J connectivity index is 1.82. The van der Waals surface area contributed by atoms with E-state index in [1.807, 2.05) is 18.2 Å². The number of hydrogen-bond donors (Lipinski definition) is 1. The second-order valence-corrected chi connectivity index (χ2v) is 4.57. The molecule has 0 aliphatic carbocycles. The smallest absolute Gasteiger partial charge is 0.160 e. The van der Waals surface area contributed by atoms with Crippen LogP contribution in [0.4, 0.5) is 0 Å². The van der Waals surface area contributed by atoms with E-state index in [4.69, 9.17) is 9.47 Å². The SMILES string of the molecule is CO[C@H]1C[C@@H](O)C[C@@H](CCc2ccccc2)O1. The van der Waals surface area contributed by atoms with E-state index in [-0.39, 0.29) is 18.5 Å². The predicted octanol–water partition coefficient (Wildman–Crippen LogP) is 2.13. The normalized spacial score (nSPS) is 29.2. The number of hydrogen-bond acceptors (Lipinski definition) is 3. The van der Waals surface area contributed by atoms with Gasteiger partial charge in [-0.1, -0.05) is 30.3 Å². The van der Waals surface area contributed by atoms with Gasteiger partial charge in [0.25, 0.3) is 0 Å². The minimum atomic E-state index is -0.297. The molecule has 1 aliphatic heterocycles. The lowest BCUT2D eigenvalue weighted by molar-refractivity contribution is -0.204. The molecule has 3 heteroatoms. The average molecular weight is 236 g/mol. The molecule has 2 rings (SSSR count). The Kier molecular flexibility index (Phi) is 4.54. The molecule has 0 saturated carbocycles. The van der Waals surface area contributed by atoms with Gasteiger partial charge in [-0.05, 0) is 24.8 Å². The van der Waals surface area contributed by atoms with Gasteiger partial charge in [-0.3, -0.25) is 0 Å². The molecule has 1 N–H and O–H groups in total. The predicted molar refractivity (Wildman–Crippen MR) is 65.7 cm³/mol. The van der Waals surface area contributed by atoms with Crippen molar-refractivity contribution >= 4 is 0 Å². The van der Waals surface area contributed by atoms with Crippen LogP contribution in [0.3, 0.4) is 0 Å². The number of ether oxygens (including phenoxy) is 2. The molecule has 3 atom stereocenters. The zero-order valence-corrected chi connectivity index (χ0v) is 10.2. The van der Waals surface area contributed by atoms with Crippen molar-refractivity contribution in [1.29, 1.82) is 0 Å². The molecule has 1 aromatic rings. The van der Waals surface area contributed by atoms with E-state index in [1.165, 1.54) is 5.56 Å². The van der Waals surface area contributed by atoms with E-state index in [0.29, 0.717) is 12.8 Å². The number of methoxy groups -OCH3 is 1. The second kappa shape index (κ2) is 6.15. The molecule has 1 saturated heterocycles. The number of rotatable bonds is 4. The molecule has 0 aromatic heterocycles. The lowest BCUT2D eigenvalue weighted by atomic mass is 9.99. The summed E-state index contributed by atoms with van der Waals surface area (Å²) in [6.07, 6.45) is 2.76. The maximum Gasteiger partial charge on any atom is 0.160 e. The Bertz CT molecular complexity index is 325. The minimum Gasteiger partial charge on any atom is -0.393 e. The molecule has 1 aromatic carbocycles. The first-order valence-corrected chi connectivity index (χ1v) is 6.18. The molecular formula is C14H20O3. The summed E-state index contributed by atoms with van der Waals surface area (Å²) in [4.78, 5) is 0. The highest BCUT2D eigenvalue weighted by atomic mass is 16.7. The van der Waals surface area contributed by atoms with E-state index in [1.54, 1.807) is 7.11 Å². The minimum absolute atomic E-state index is 0.101. The standard InChI is InChI=1S/C14H20O3/c1-16-14-10-12(15)9-13(17-14)8-7-11-5-3-2-4-6-11/h2-6,12-15H,7-10H2,1H3/t12-,13+,14+/m0/s1. The molecule has 17 heavy (non-hydrogen) atoms. The van der Waals surface area contributed by atoms with Crippen LogP contribution >= 0.6 is 0 Å². The molecule has 94 valence electrons. The monoisotopic (exact) mass is 236 g/mol. The van der Waals surface area contributed by atoms with Gasteiger partial charge in [-0.25, -0.2) is 0 Å². The van der Waals surface area contributed by atoms with E-state index >= 15 is 0 Å². The van der Waals surface area contributed by atoms with Crippen LogP contribution in [0.25, 0.3) is 0 Å². The lowest BCUT2D eigenvalue weighted by Gasteiger charge is -2.32. The van der Waals surface area contributed by atoms with Crippen molar-refractivity contribution in [2.24, 2.45) is 0 Å². The van der Waals surface area contributed by atoms with Crippen molar-refractivity contribution in [3.8, 4) is 0 Å². The van der Waals surface area contributed by atoms with Crippen molar-refractivity contribution in [2.75, 3.05) is 7.11 Å². The molecular weight excluding hydrogens is 216 g/mol. The Labute approximate surface area is 102 Å². The van der Waals surface area contributed by atoms with Crippen LogP contribution < -0.4 is 0 Å². The highest BCUT2D eigenvalue weighted by Crippen LogP contribution is 2.23. The number of aryl methyl sites for hydroxylation is 1. The summed E-state index contributed by atoms with van der Waals surface area (Å²) < 4.78 is 10.9. The Hall–Kier alpha value is -0.900. The fourth-order valence-electron chi connectivity index (χ4n) is 2.26. The summed E-state index contributed by atoms with van der Waals surface area (Å²) >= 11 is 0. The summed E-state index contributed by atoms with van der Waals surface area (Å²) in [6.45, 7) is 0. The van der Waals surface area contributed by atoms with Gasteiger partial charge in [0.15, 0.2) is 6.29 Å². The maximum absolute atomic E-state index is 9.72. The van der Waals surface area contributed by atoms with Crippen molar-refractivity contribution in [1.82, 2.24) is 0 Å². The van der Waals surface area contributed by atoms with E-state index < -0.39 is 0 Å². The molecule has 1 heterocycles. The van der Waals surface area contributed by atoms with Gasteiger partial charge in [-0.2, -0.15) is 0 Å². The summed E-state index contributed by atoms with van der Waals surface area (Å²) in [7, 11) is 1.62. The first-order chi connectivity index (χ1) is 8.28. The number of aliphatic hydroxyl groups is 1. The topological polar surface area (TPSA) is 38.7 Å². The lowest BCUT2D eigenvalue weighted by Crippen LogP contribution is -2.36. The third-order valence-electron chi connectivity index (χ3n) is 3.20. The third kappa shape index (κ3) is 3.80. The quantitative estimate of drug-likeness (QED) is 0.870. The first kappa shape index (κ1) is 12.6. The van der Waals surface area contributed by atoms with Crippen molar-refractivity contribution in [3.05, 3.63) is 35.9 Å². The van der Waals surface area contributed by atoms with Crippen molar-refractivity contribution in [2.45, 2.75) is 44.2 Å². The molecule has 3 nitrogen and oxygen atoms in total. The summed E-state index contributed by atoms with van der Waals surface area (Å²) in [5.41, 5.74) is 1.31. The Morgan fingerprint density at radius 3 is 2.76 bits per heavy atom. The van der Waals surface area contributed by atoms with Gasteiger partial charge in [0.2, 0.25) is 0 Å². The average Bonchev–Trinajstić information content (AvgIpc) is 2.37. The molecule has 0 spiro atoms. The van der Waals surface area contributed by atoms with E-state index in [9.17, 15) is 5.11 Å². The molecule has 1 aliphatic rings. The van der Waals surface area contributed by atoms with E-state index in [0.717, 1.165) is 12.8 Å². The molecule has 0 amide bonds. The zero-order valence-electron chi connectivity index (χ0n) is 10.2. The van der Waals surface area contributed by atoms with E-state index in [2.05, 4.69) is 12.1 Å². The molecule has 1 fully saturated rings. The van der Waals surface area contributed by atoms with Crippen LogP contribution in [0.5, 0.6) is 0 Å². The molecule has 0 unspecified atom stereocenters. The largest absolute Gasteiger partial charge is 0.393 e. The van der Waals surface area contributed by atoms with Gasteiger partial charge in [-0.15, -0.1) is 0 Å². The van der Waals surface area contributed by atoms with Crippen molar-refractivity contribution < 1.29 is 14.6 Å². The van der Waals surface area contributed by atoms with Gasteiger partial charge in [0.05, 0.1) is 12.2 Å². The highest BCUT2D eigenvalue weighted by molar-refractivity contribution is 5.14. The second-order valence-electron chi connectivity index (χ2n) is 4.57. The van der Waals surface area contributed by atoms with Crippen molar-refractivity contribution in [3.63, 3.8) is 0 Å². The van der Waals surface area contributed by atoms with Gasteiger partial charge < -0.3 is 14.6 Å².